The first-order valence-electron chi connectivity index (χ1n) is 8.31. The van der Waals surface area contributed by atoms with Gasteiger partial charge in [0.2, 0.25) is 6.79 Å². The molecule has 2 aliphatic heterocycles. The zero-order valence-corrected chi connectivity index (χ0v) is 14.2. The highest BCUT2D eigenvalue weighted by Crippen LogP contribution is 2.34. The molecule has 1 N–H and O–H groups in total. The van der Waals surface area contributed by atoms with Crippen molar-refractivity contribution in [3.8, 4) is 17.2 Å². The number of likely N-dealkylation sites (tertiary alicyclic amines) is 1. The first kappa shape index (κ1) is 16.3. The quantitative estimate of drug-likeness (QED) is 0.906. The molecule has 1 aromatic heterocycles. The van der Waals surface area contributed by atoms with Crippen LogP contribution in [0.2, 0.25) is 0 Å². The first-order chi connectivity index (χ1) is 12.6. The number of nitrogens with one attached hydrogen (secondary N) is 1. The van der Waals surface area contributed by atoms with Crippen molar-refractivity contribution in [3.05, 3.63) is 46.5 Å². The SMILES string of the molecule is Cc1cc(O[C@H]2CCN(C(=O)Nc3ccc4c(c3)OCO4)C2)cc(=O)o1. The molecule has 1 fully saturated rings. The Hall–Kier alpha value is -3.16. The van der Waals surface area contributed by atoms with Gasteiger partial charge in [-0.15, -0.1) is 0 Å². The number of hydrogen-bond acceptors (Lipinski definition) is 6. The Kier molecular flexibility index (Phi) is 4.16. The van der Waals surface area contributed by atoms with Gasteiger partial charge < -0.3 is 28.8 Å². The number of anilines is 1. The molecule has 26 heavy (non-hydrogen) atoms. The third kappa shape index (κ3) is 3.44. The zero-order valence-electron chi connectivity index (χ0n) is 14.2. The van der Waals surface area contributed by atoms with Crippen LogP contribution in [0.3, 0.4) is 0 Å². The van der Waals surface area contributed by atoms with Crippen LogP contribution in [-0.4, -0.2) is 36.9 Å². The van der Waals surface area contributed by atoms with Crippen molar-refractivity contribution >= 4 is 11.7 Å². The second-order valence-corrected chi connectivity index (χ2v) is 6.20. The maximum atomic E-state index is 12.4. The molecule has 8 nitrogen and oxygen atoms in total. The van der Waals surface area contributed by atoms with Crippen LogP contribution in [0.1, 0.15) is 12.2 Å². The van der Waals surface area contributed by atoms with Gasteiger partial charge in [0, 0.05) is 30.8 Å². The minimum atomic E-state index is -0.449. The minimum Gasteiger partial charge on any atom is -0.488 e. The van der Waals surface area contributed by atoms with E-state index in [2.05, 4.69) is 5.32 Å². The van der Waals surface area contributed by atoms with E-state index in [0.717, 1.165) is 0 Å². The summed E-state index contributed by atoms with van der Waals surface area (Å²) >= 11 is 0. The van der Waals surface area contributed by atoms with Crippen LogP contribution >= 0.6 is 0 Å². The van der Waals surface area contributed by atoms with Gasteiger partial charge in [0.25, 0.3) is 0 Å². The topological polar surface area (TPSA) is 90.2 Å². The number of rotatable bonds is 3. The molecule has 1 aromatic carbocycles. The highest BCUT2D eigenvalue weighted by molar-refractivity contribution is 5.90. The van der Waals surface area contributed by atoms with Gasteiger partial charge in [-0.05, 0) is 19.1 Å². The Balaban J connectivity index is 1.36. The molecule has 0 bridgehead atoms. The highest BCUT2D eigenvalue weighted by Gasteiger charge is 2.28. The Morgan fingerprint density at radius 1 is 1.23 bits per heavy atom. The maximum absolute atomic E-state index is 12.4. The molecule has 1 saturated heterocycles. The van der Waals surface area contributed by atoms with Crippen molar-refractivity contribution < 1.29 is 23.4 Å². The molecule has 4 rings (SSSR count). The van der Waals surface area contributed by atoms with Crippen LogP contribution in [-0.2, 0) is 0 Å². The van der Waals surface area contributed by atoms with Gasteiger partial charge in [0.1, 0.15) is 17.6 Å². The van der Waals surface area contributed by atoms with E-state index < -0.39 is 5.63 Å². The van der Waals surface area contributed by atoms with Gasteiger partial charge >= 0.3 is 11.7 Å². The molecule has 0 saturated carbocycles. The standard InChI is InChI=1S/C18H18N2O6/c1-11-6-14(8-17(21)25-11)26-13-4-5-20(9-13)18(22)19-12-2-3-15-16(7-12)24-10-23-15/h2-3,6-8,13H,4-5,9-10H2,1H3,(H,19,22)/t13-/m0/s1. The monoisotopic (exact) mass is 358 g/mol. The van der Waals surface area contributed by atoms with Crippen molar-refractivity contribution in [2.75, 3.05) is 25.2 Å². The van der Waals surface area contributed by atoms with E-state index in [1.165, 1.54) is 6.07 Å². The molecule has 2 amide bonds. The largest absolute Gasteiger partial charge is 0.488 e. The van der Waals surface area contributed by atoms with E-state index in [4.69, 9.17) is 18.6 Å². The average molecular weight is 358 g/mol. The fraction of sp³-hybridized carbons (Fsp3) is 0.333. The second kappa shape index (κ2) is 6.62. The zero-order chi connectivity index (χ0) is 18.1. The van der Waals surface area contributed by atoms with Crippen LogP contribution in [0.4, 0.5) is 10.5 Å². The van der Waals surface area contributed by atoms with Gasteiger partial charge in [0.15, 0.2) is 11.5 Å². The van der Waals surface area contributed by atoms with E-state index in [0.29, 0.717) is 48.2 Å². The van der Waals surface area contributed by atoms with Crippen molar-refractivity contribution in [1.29, 1.82) is 0 Å². The summed E-state index contributed by atoms with van der Waals surface area (Å²) < 4.78 is 21.3. The van der Waals surface area contributed by atoms with E-state index in [-0.39, 0.29) is 18.9 Å². The van der Waals surface area contributed by atoms with E-state index in [9.17, 15) is 9.59 Å². The molecule has 2 aliphatic rings. The Bertz CT molecular complexity index is 893. The summed E-state index contributed by atoms with van der Waals surface area (Å²) in [5.41, 5.74) is 0.190. The molecule has 0 radical (unpaired) electrons. The van der Waals surface area contributed by atoms with Gasteiger partial charge in [-0.1, -0.05) is 0 Å². The number of amides is 2. The number of ether oxygens (including phenoxy) is 3. The summed E-state index contributed by atoms with van der Waals surface area (Å²) in [6.45, 7) is 2.89. The molecular formula is C18H18N2O6. The van der Waals surface area contributed by atoms with Gasteiger partial charge in [-0.25, -0.2) is 9.59 Å². The predicted molar refractivity (Wildman–Crippen MR) is 91.9 cm³/mol. The van der Waals surface area contributed by atoms with Crippen LogP contribution in [0, 0.1) is 6.92 Å². The number of urea groups is 1. The van der Waals surface area contributed by atoms with E-state index >= 15 is 0 Å². The van der Waals surface area contributed by atoms with Crippen molar-refractivity contribution in [1.82, 2.24) is 4.90 Å². The minimum absolute atomic E-state index is 0.168. The van der Waals surface area contributed by atoms with Crippen molar-refractivity contribution in [2.45, 2.75) is 19.4 Å². The molecule has 0 spiro atoms. The van der Waals surface area contributed by atoms with Gasteiger partial charge in [-0.2, -0.15) is 0 Å². The molecule has 0 unspecified atom stereocenters. The van der Waals surface area contributed by atoms with E-state index in [1.54, 1.807) is 36.1 Å². The average Bonchev–Trinajstić information content (AvgIpc) is 3.22. The normalized spacial score (nSPS) is 18.0. The van der Waals surface area contributed by atoms with E-state index in [1.807, 2.05) is 0 Å². The molecule has 1 atom stereocenters. The Morgan fingerprint density at radius 3 is 2.92 bits per heavy atom. The molecular weight excluding hydrogens is 340 g/mol. The predicted octanol–water partition coefficient (Wildman–Crippen LogP) is 2.36. The second-order valence-electron chi connectivity index (χ2n) is 6.20. The lowest BCUT2D eigenvalue weighted by molar-refractivity contribution is 0.174. The molecule has 3 heterocycles. The maximum Gasteiger partial charge on any atom is 0.339 e. The fourth-order valence-electron chi connectivity index (χ4n) is 3.02. The highest BCUT2D eigenvalue weighted by atomic mass is 16.7. The van der Waals surface area contributed by atoms with Gasteiger partial charge in [-0.3, -0.25) is 0 Å². The summed E-state index contributed by atoms with van der Waals surface area (Å²) in [6.07, 6.45) is 0.520. The summed E-state index contributed by atoms with van der Waals surface area (Å²) in [5.74, 6) is 2.23. The summed E-state index contributed by atoms with van der Waals surface area (Å²) in [5, 5.41) is 2.85. The smallest absolute Gasteiger partial charge is 0.339 e. The van der Waals surface area contributed by atoms with Crippen LogP contribution in [0.25, 0.3) is 0 Å². The van der Waals surface area contributed by atoms with Crippen LogP contribution in [0.15, 0.2) is 39.5 Å². The Morgan fingerprint density at radius 2 is 2.08 bits per heavy atom. The lowest BCUT2D eigenvalue weighted by Gasteiger charge is -2.18. The van der Waals surface area contributed by atoms with Crippen molar-refractivity contribution in [2.24, 2.45) is 0 Å². The molecule has 8 heteroatoms. The third-order valence-corrected chi connectivity index (χ3v) is 4.23. The lowest BCUT2D eigenvalue weighted by Crippen LogP contribution is -2.34. The van der Waals surface area contributed by atoms with Gasteiger partial charge in [0.05, 0.1) is 12.6 Å². The summed E-state index contributed by atoms with van der Waals surface area (Å²) in [6, 6.07) is 8.02. The number of carbonyl (C=O) groups is 1. The number of fused-ring (bicyclic) bond motifs is 1. The number of benzene rings is 1. The Labute approximate surface area is 149 Å². The number of nitrogens with zero attached hydrogens (tertiary/aromatic N) is 1. The van der Waals surface area contributed by atoms with Crippen LogP contribution in [0.5, 0.6) is 17.2 Å². The number of aryl methyl sites for hydroxylation is 1. The molecule has 2 aromatic rings. The lowest BCUT2D eigenvalue weighted by atomic mass is 10.3. The molecule has 136 valence electrons. The molecule has 0 aliphatic carbocycles. The first-order valence-corrected chi connectivity index (χ1v) is 8.31. The summed E-state index contributed by atoms with van der Waals surface area (Å²) in [7, 11) is 0. The third-order valence-electron chi connectivity index (χ3n) is 4.23. The van der Waals surface area contributed by atoms with Crippen LogP contribution < -0.4 is 25.2 Å². The summed E-state index contributed by atoms with van der Waals surface area (Å²) in [4.78, 5) is 25.5. The number of hydrogen-bond donors (Lipinski definition) is 1. The van der Waals surface area contributed by atoms with Crippen molar-refractivity contribution in [3.63, 3.8) is 0 Å². The fourth-order valence-corrected chi connectivity index (χ4v) is 3.02. The number of carbonyl (C=O) groups excluding carboxylic acids is 1.